The van der Waals surface area contributed by atoms with E-state index in [0.29, 0.717) is 24.4 Å². The molecule has 0 aromatic heterocycles. The summed E-state index contributed by atoms with van der Waals surface area (Å²) in [5.74, 6) is 2.57. The van der Waals surface area contributed by atoms with Crippen LogP contribution >= 0.6 is 0 Å². The average molecular weight is 388 g/mol. The molecule has 5 nitrogen and oxygen atoms in total. The van der Waals surface area contributed by atoms with Crippen LogP contribution in [0.3, 0.4) is 0 Å². The van der Waals surface area contributed by atoms with Crippen molar-refractivity contribution >= 4 is 5.91 Å². The number of ether oxygens (including phenoxy) is 3. The molecular weight excluding hydrogens is 354 g/mol. The van der Waals surface area contributed by atoms with Gasteiger partial charge in [0.05, 0.1) is 19.8 Å². The van der Waals surface area contributed by atoms with Crippen molar-refractivity contribution in [1.82, 2.24) is 5.32 Å². The Balaban J connectivity index is 1.33. The third kappa shape index (κ3) is 4.36. The molecule has 0 radical (unpaired) electrons. The maximum Gasteiger partial charge on any atom is 0.246 e. The number of nitrogens with one attached hydrogen (secondary N) is 1. The predicted molar refractivity (Wildman–Crippen MR) is 108 cm³/mol. The van der Waals surface area contributed by atoms with Crippen molar-refractivity contribution in [1.29, 1.82) is 0 Å². The van der Waals surface area contributed by atoms with E-state index in [1.54, 1.807) is 7.11 Å². The Kier molecular flexibility index (Phi) is 6.53. The van der Waals surface area contributed by atoms with E-state index in [1.165, 1.54) is 37.7 Å². The van der Waals surface area contributed by atoms with Gasteiger partial charge in [-0.05, 0) is 61.6 Å². The van der Waals surface area contributed by atoms with Crippen LogP contribution in [-0.2, 0) is 14.3 Å². The van der Waals surface area contributed by atoms with Gasteiger partial charge in [0.1, 0.15) is 12.4 Å². The second-order valence-corrected chi connectivity index (χ2v) is 8.51. The number of carbonyl (C=O) groups excluding carboxylic acids is 1. The first-order valence-corrected chi connectivity index (χ1v) is 10.9. The summed E-state index contributed by atoms with van der Waals surface area (Å²) >= 11 is 0. The second-order valence-electron chi connectivity index (χ2n) is 8.51. The molecule has 1 aromatic carbocycles. The van der Waals surface area contributed by atoms with Crippen LogP contribution in [0, 0.1) is 11.8 Å². The molecule has 1 aromatic rings. The molecular formula is C23H33NO4. The Hall–Kier alpha value is -1.59. The number of rotatable bonds is 7. The lowest BCUT2D eigenvalue weighted by molar-refractivity contribution is -0.131. The van der Waals surface area contributed by atoms with Crippen LogP contribution < -0.4 is 10.1 Å². The van der Waals surface area contributed by atoms with E-state index < -0.39 is 0 Å². The van der Waals surface area contributed by atoms with Crippen molar-refractivity contribution in [3.05, 3.63) is 29.8 Å². The molecule has 2 aliphatic carbocycles. The fourth-order valence-corrected chi connectivity index (χ4v) is 5.39. The number of carbonyl (C=O) groups is 1. The molecule has 0 spiro atoms. The smallest absolute Gasteiger partial charge is 0.246 e. The molecule has 5 heteroatoms. The van der Waals surface area contributed by atoms with E-state index in [-0.39, 0.29) is 24.7 Å². The zero-order valence-corrected chi connectivity index (χ0v) is 16.9. The highest BCUT2D eigenvalue weighted by Gasteiger charge is 2.51. The van der Waals surface area contributed by atoms with E-state index in [9.17, 15) is 4.79 Å². The van der Waals surface area contributed by atoms with Crippen LogP contribution in [-0.4, -0.2) is 45.0 Å². The van der Waals surface area contributed by atoms with Crippen LogP contribution in [0.15, 0.2) is 24.3 Å². The number of hydrogen-bond acceptors (Lipinski definition) is 4. The quantitative estimate of drug-likeness (QED) is 0.776. The lowest BCUT2D eigenvalue weighted by Crippen LogP contribution is -2.59. The summed E-state index contributed by atoms with van der Waals surface area (Å²) < 4.78 is 16.6. The van der Waals surface area contributed by atoms with Crippen molar-refractivity contribution < 1.29 is 19.0 Å². The Morgan fingerprint density at radius 2 is 1.82 bits per heavy atom. The molecule has 1 saturated heterocycles. The molecule has 3 aliphatic rings. The van der Waals surface area contributed by atoms with Crippen LogP contribution in [0.5, 0.6) is 5.75 Å². The Bertz CT molecular complexity index is 641. The van der Waals surface area contributed by atoms with Crippen molar-refractivity contribution in [2.24, 2.45) is 11.8 Å². The lowest BCUT2D eigenvalue weighted by Gasteiger charge is -2.55. The number of amides is 1. The van der Waals surface area contributed by atoms with Gasteiger partial charge in [0.15, 0.2) is 0 Å². The van der Waals surface area contributed by atoms with Crippen LogP contribution in [0.2, 0.25) is 0 Å². The monoisotopic (exact) mass is 387 g/mol. The highest BCUT2D eigenvalue weighted by Crippen LogP contribution is 2.54. The van der Waals surface area contributed by atoms with Gasteiger partial charge in [-0.2, -0.15) is 0 Å². The first kappa shape index (κ1) is 19.7. The van der Waals surface area contributed by atoms with Crippen molar-refractivity contribution in [3.8, 4) is 5.75 Å². The number of fused-ring (bicyclic) bond motifs is 1. The number of hydrogen-bond donors (Lipinski definition) is 1. The van der Waals surface area contributed by atoms with E-state index in [0.717, 1.165) is 25.2 Å². The van der Waals surface area contributed by atoms with E-state index in [4.69, 9.17) is 14.2 Å². The largest absolute Gasteiger partial charge is 0.497 e. The summed E-state index contributed by atoms with van der Waals surface area (Å²) in [5.41, 5.74) is 1.31. The fraction of sp³-hybridized carbons (Fsp3) is 0.696. The highest BCUT2D eigenvalue weighted by molar-refractivity contribution is 5.78. The van der Waals surface area contributed by atoms with Crippen molar-refractivity contribution in [2.45, 2.75) is 63.0 Å². The SMILES string of the molecule is COc1ccc([C@H]2C3CCCCC3[C@@H]2NC(=O)COCC2CCCCO2)cc1. The van der Waals surface area contributed by atoms with Crippen LogP contribution in [0.25, 0.3) is 0 Å². The van der Waals surface area contributed by atoms with Gasteiger partial charge in [-0.1, -0.05) is 25.0 Å². The van der Waals surface area contributed by atoms with E-state index in [1.807, 2.05) is 12.1 Å². The van der Waals surface area contributed by atoms with Gasteiger partial charge < -0.3 is 19.5 Å². The van der Waals surface area contributed by atoms with Crippen LogP contribution in [0.4, 0.5) is 0 Å². The summed E-state index contributed by atoms with van der Waals surface area (Å²) in [6, 6.07) is 8.59. The van der Waals surface area contributed by atoms with E-state index >= 15 is 0 Å². The molecule has 1 heterocycles. The maximum atomic E-state index is 12.5. The first-order chi connectivity index (χ1) is 13.8. The Morgan fingerprint density at radius 1 is 1.07 bits per heavy atom. The normalized spacial score (nSPS) is 32.1. The summed E-state index contributed by atoms with van der Waals surface area (Å²) in [5, 5.41) is 3.29. The molecule has 1 aliphatic heterocycles. The lowest BCUT2D eigenvalue weighted by atomic mass is 9.53. The van der Waals surface area contributed by atoms with Crippen molar-refractivity contribution in [2.75, 3.05) is 26.9 Å². The maximum absolute atomic E-state index is 12.5. The molecule has 3 fully saturated rings. The molecule has 2 saturated carbocycles. The summed E-state index contributed by atoms with van der Waals surface area (Å²) in [7, 11) is 1.69. The minimum absolute atomic E-state index is 0.00310. The molecule has 28 heavy (non-hydrogen) atoms. The average Bonchev–Trinajstić information content (AvgIpc) is 2.74. The topological polar surface area (TPSA) is 56.8 Å². The van der Waals surface area contributed by atoms with Gasteiger partial charge >= 0.3 is 0 Å². The predicted octanol–water partition coefficient (Wildman–Crippen LogP) is 3.67. The zero-order chi connectivity index (χ0) is 19.3. The zero-order valence-electron chi connectivity index (χ0n) is 16.9. The molecule has 0 bridgehead atoms. The minimum atomic E-state index is 0.00310. The highest BCUT2D eigenvalue weighted by atomic mass is 16.5. The second kappa shape index (κ2) is 9.27. The van der Waals surface area contributed by atoms with Crippen LogP contribution in [0.1, 0.15) is 56.4 Å². The summed E-state index contributed by atoms with van der Waals surface area (Å²) in [6.45, 7) is 1.46. The van der Waals surface area contributed by atoms with Gasteiger partial charge in [0.25, 0.3) is 0 Å². The fourth-order valence-electron chi connectivity index (χ4n) is 5.39. The number of methoxy groups -OCH3 is 1. The molecule has 154 valence electrons. The minimum Gasteiger partial charge on any atom is -0.497 e. The summed E-state index contributed by atoms with van der Waals surface area (Å²) in [6.07, 6.45) is 8.58. The third-order valence-corrected chi connectivity index (χ3v) is 6.82. The van der Waals surface area contributed by atoms with Gasteiger partial charge in [-0.25, -0.2) is 0 Å². The van der Waals surface area contributed by atoms with Gasteiger partial charge in [-0.15, -0.1) is 0 Å². The van der Waals surface area contributed by atoms with Gasteiger partial charge in [-0.3, -0.25) is 4.79 Å². The molecule has 4 rings (SSSR count). The Morgan fingerprint density at radius 3 is 2.54 bits per heavy atom. The first-order valence-electron chi connectivity index (χ1n) is 10.9. The Labute approximate surface area is 168 Å². The molecule has 3 unspecified atom stereocenters. The number of benzene rings is 1. The third-order valence-electron chi connectivity index (χ3n) is 6.82. The van der Waals surface area contributed by atoms with Gasteiger partial charge in [0.2, 0.25) is 5.91 Å². The standard InChI is InChI=1S/C23H33NO4/c1-26-17-11-9-16(10-12-17)22-19-7-2-3-8-20(19)23(22)24-21(25)15-27-14-18-6-4-5-13-28-18/h9-12,18-20,22-23H,2-8,13-15H2,1H3,(H,24,25)/t18?,19?,20?,22-,23-/m0/s1. The van der Waals surface area contributed by atoms with E-state index in [2.05, 4.69) is 17.4 Å². The summed E-state index contributed by atoms with van der Waals surface area (Å²) in [4.78, 5) is 12.5. The van der Waals surface area contributed by atoms with Gasteiger partial charge in [0, 0.05) is 18.6 Å². The molecule has 5 atom stereocenters. The molecule has 1 N–H and O–H groups in total. The molecule has 1 amide bonds. The van der Waals surface area contributed by atoms with Crippen molar-refractivity contribution in [3.63, 3.8) is 0 Å².